The quantitative estimate of drug-likeness (QED) is 0.810. The largest absolute Gasteiger partial charge is 0.311 e. The smallest absolute Gasteiger partial charge is 0.133 e. The third-order valence-corrected chi connectivity index (χ3v) is 2.27. The molecule has 1 aromatic carbocycles. The van der Waals surface area contributed by atoms with Gasteiger partial charge in [0.15, 0.2) is 0 Å². The van der Waals surface area contributed by atoms with Gasteiger partial charge in [-0.1, -0.05) is 25.1 Å². The fourth-order valence-corrected chi connectivity index (χ4v) is 1.35. The van der Waals surface area contributed by atoms with Crippen LogP contribution in [0.3, 0.4) is 0 Å². The van der Waals surface area contributed by atoms with Gasteiger partial charge in [0.2, 0.25) is 0 Å². The van der Waals surface area contributed by atoms with Crippen molar-refractivity contribution in [2.75, 3.05) is 6.54 Å². The SMILES string of the molecule is CCCNC(C)/C=C/c1c(F)cccc1F. The molecule has 3 heteroatoms. The molecule has 1 atom stereocenters. The van der Waals surface area contributed by atoms with Crippen LogP contribution in [0.1, 0.15) is 25.8 Å². The molecule has 88 valence electrons. The predicted molar refractivity (Wildman–Crippen MR) is 63.1 cm³/mol. The number of hydrogen-bond acceptors (Lipinski definition) is 1. The second-order valence-electron chi connectivity index (χ2n) is 3.74. The molecule has 0 aliphatic heterocycles. The molecule has 0 spiro atoms. The fourth-order valence-electron chi connectivity index (χ4n) is 1.35. The van der Waals surface area contributed by atoms with Crippen LogP contribution in [0.4, 0.5) is 8.78 Å². The van der Waals surface area contributed by atoms with Crippen LogP contribution in [0.2, 0.25) is 0 Å². The highest BCUT2D eigenvalue weighted by molar-refractivity contribution is 5.51. The summed E-state index contributed by atoms with van der Waals surface area (Å²) >= 11 is 0. The van der Waals surface area contributed by atoms with Gasteiger partial charge in [-0.05, 0) is 32.0 Å². The third-order valence-electron chi connectivity index (χ3n) is 2.27. The molecule has 0 aromatic heterocycles. The predicted octanol–water partition coefficient (Wildman–Crippen LogP) is 3.37. The van der Waals surface area contributed by atoms with Gasteiger partial charge in [0.1, 0.15) is 11.6 Å². The van der Waals surface area contributed by atoms with Crippen LogP contribution in [0.25, 0.3) is 6.08 Å². The van der Waals surface area contributed by atoms with Crippen LogP contribution in [-0.2, 0) is 0 Å². The van der Waals surface area contributed by atoms with Crippen molar-refractivity contribution in [3.05, 3.63) is 41.5 Å². The van der Waals surface area contributed by atoms with E-state index in [1.54, 1.807) is 6.08 Å². The molecule has 0 fully saturated rings. The molecule has 16 heavy (non-hydrogen) atoms. The number of nitrogens with one attached hydrogen (secondary N) is 1. The molecule has 0 radical (unpaired) electrons. The van der Waals surface area contributed by atoms with E-state index in [0.29, 0.717) is 0 Å². The van der Waals surface area contributed by atoms with Crippen LogP contribution in [0, 0.1) is 11.6 Å². The number of benzene rings is 1. The monoisotopic (exact) mass is 225 g/mol. The maximum absolute atomic E-state index is 13.2. The van der Waals surface area contributed by atoms with E-state index in [1.807, 2.05) is 6.92 Å². The summed E-state index contributed by atoms with van der Waals surface area (Å²) in [5.41, 5.74) is 0.0210. The normalized spacial score (nSPS) is 13.2. The zero-order valence-electron chi connectivity index (χ0n) is 9.63. The Kier molecular flexibility index (Phi) is 5.12. The molecule has 1 N–H and O–H groups in total. The second-order valence-corrected chi connectivity index (χ2v) is 3.74. The minimum atomic E-state index is -0.529. The topological polar surface area (TPSA) is 12.0 Å². The van der Waals surface area contributed by atoms with Gasteiger partial charge in [-0.2, -0.15) is 0 Å². The molecule has 0 saturated heterocycles. The molecule has 1 rings (SSSR count). The second kappa shape index (κ2) is 6.38. The first kappa shape index (κ1) is 12.8. The Morgan fingerprint density at radius 3 is 2.50 bits per heavy atom. The Bertz CT molecular complexity index is 341. The van der Waals surface area contributed by atoms with Crippen molar-refractivity contribution in [1.82, 2.24) is 5.32 Å². The Labute approximate surface area is 95.2 Å². The summed E-state index contributed by atoms with van der Waals surface area (Å²) < 4.78 is 26.5. The van der Waals surface area contributed by atoms with Gasteiger partial charge < -0.3 is 5.32 Å². The molecule has 0 amide bonds. The highest BCUT2D eigenvalue weighted by Gasteiger charge is 2.04. The van der Waals surface area contributed by atoms with Gasteiger partial charge in [-0.25, -0.2) is 8.78 Å². The summed E-state index contributed by atoms with van der Waals surface area (Å²) in [4.78, 5) is 0. The van der Waals surface area contributed by atoms with Crippen molar-refractivity contribution in [2.45, 2.75) is 26.3 Å². The van der Waals surface area contributed by atoms with Gasteiger partial charge in [-0.3, -0.25) is 0 Å². The van der Waals surface area contributed by atoms with Gasteiger partial charge in [0, 0.05) is 11.6 Å². The van der Waals surface area contributed by atoms with Gasteiger partial charge in [0.05, 0.1) is 0 Å². The summed E-state index contributed by atoms with van der Waals surface area (Å²) in [6.45, 7) is 4.91. The molecule has 1 nitrogen and oxygen atoms in total. The highest BCUT2D eigenvalue weighted by Crippen LogP contribution is 2.13. The van der Waals surface area contributed by atoms with Crippen molar-refractivity contribution in [3.63, 3.8) is 0 Å². The molecular formula is C13H17F2N. The maximum atomic E-state index is 13.2. The lowest BCUT2D eigenvalue weighted by Crippen LogP contribution is -2.24. The van der Waals surface area contributed by atoms with E-state index in [2.05, 4.69) is 12.2 Å². The minimum Gasteiger partial charge on any atom is -0.311 e. The number of halogens is 2. The number of hydrogen-bond donors (Lipinski definition) is 1. The van der Waals surface area contributed by atoms with Crippen molar-refractivity contribution < 1.29 is 8.78 Å². The van der Waals surface area contributed by atoms with Crippen LogP contribution in [-0.4, -0.2) is 12.6 Å². The first-order chi connectivity index (χ1) is 7.65. The Morgan fingerprint density at radius 1 is 1.31 bits per heavy atom. The van der Waals surface area contributed by atoms with Crippen LogP contribution in [0.5, 0.6) is 0 Å². The number of rotatable bonds is 5. The van der Waals surface area contributed by atoms with Gasteiger partial charge >= 0.3 is 0 Å². The molecule has 0 aliphatic rings. The standard InChI is InChI=1S/C13H17F2N/c1-3-9-16-10(2)7-8-11-12(14)5-4-6-13(11)15/h4-8,10,16H,3,9H2,1-2H3/b8-7+. The van der Waals surface area contributed by atoms with Gasteiger partial charge in [0.25, 0.3) is 0 Å². The van der Waals surface area contributed by atoms with Crippen LogP contribution < -0.4 is 5.32 Å². The van der Waals surface area contributed by atoms with E-state index in [-0.39, 0.29) is 11.6 Å². The first-order valence-electron chi connectivity index (χ1n) is 5.50. The van der Waals surface area contributed by atoms with Crippen molar-refractivity contribution >= 4 is 6.08 Å². The van der Waals surface area contributed by atoms with Crippen molar-refractivity contribution in [2.24, 2.45) is 0 Å². The Morgan fingerprint density at radius 2 is 1.94 bits per heavy atom. The van der Waals surface area contributed by atoms with Crippen LogP contribution in [0.15, 0.2) is 24.3 Å². The highest BCUT2D eigenvalue weighted by atomic mass is 19.1. The molecule has 0 saturated carbocycles. The van der Waals surface area contributed by atoms with E-state index < -0.39 is 11.6 Å². The van der Waals surface area contributed by atoms with Crippen molar-refractivity contribution in [1.29, 1.82) is 0 Å². The Hall–Kier alpha value is -1.22. The molecule has 0 heterocycles. The lowest BCUT2D eigenvalue weighted by Gasteiger charge is -2.07. The lowest BCUT2D eigenvalue weighted by molar-refractivity contribution is 0.578. The Balaban J connectivity index is 2.68. The average Bonchev–Trinajstić information content (AvgIpc) is 2.25. The molecule has 0 aliphatic carbocycles. The summed E-state index contributed by atoms with van der Waals surface area (Å²) in [5.74, 6) is -1.06. The molecular weight excluding hydrogens is 208 g/mol. The molecule has 0 bridgehead atoms. The van der Waals surface area contributed by atoms with Crippen molar-refractivity contribution in [3.8, 4) is 0 Å². The first-order valence-corrected chi connectivity index (χ1v) is 5.50. The van der Waals surface area contributed by atoms with E-state index in [4.69, 9.17) is 0 Å². The van der Waals surface area contributed by atoms with E-state index >= 15 is 0 Å². The van der Waals surface area contributed by atoms with Gasteiger partial charge in [-0.15, -0.1) is 0 Å². The van der Waals surface area contributed by atoms with E-state index in [9.17, 15) is 8.78 Å². The third kappa shape index (κ3) is 3.74. The molecule has 1 aromatic rings. The minimum absolute atomic E-state index is 0.0210. The zero-order chi connectivity index (χ0) is 12.0. The summed E-state index contributed by atoms with van der Waals surface area (Å²) in [6, 6.07) is 3.99. The zero-order valence-corrected chi connectivity index (χ0v) is 9.63. The van der Waals surface area contributed by atoms with Crippen LogP contribution >= 0.6 is 0 Å². The molecule has 1 unspecified atom stereocenters. The average molecular weight is 225 g/mol. The fraction of sp³-hybridized carbons (Fsp3) is 0.385. The maximum Gasteiger partial charge on any atom is 0.133 e. The van der Waals surface area contributed by atoms with E-state index in [1.165, 1.54) is 24.3 Å². The summed E-state index contributed by atoms with van der Waals surface area (Å²) in [6.07, 6.45) is 4.28. The lowest BCUT2D eigenvalue weighted by atomic mass is 10.1. The summed E-state index contributed by atoms with van der Waals surface area (Å²) in [5, 5.41) is 3.21. The summed E-state index contributed by atoms with van der Waals surface area (Å²) in [7, 11) is 0. The van der Waals surface area contributed by atoms with E-state index in [0.717, 1.165) is 13.0 Å².